The van der Waals surface area contributed by atoms with E-state index >= 15 is 0 Å². The molecule has 0 spiro atoms. The molecule has 0 bridgehead atoms. The largest absolute Gasteiger partial charge is 0.466 e. The summed E-state index contributed by atoms with van der Waals surface area (Å²) in [5, 5.41) is 2.14. The van der Waals surface area contributed by atoms with Crippen molar-refractivity contribution in [2.45, 2.75) is 33.2 Å². The number of rotatable bonds is 4. The highest BCUT2D eigenvalue weighted by atomic mass is 32.1. The zero-order chi connectivity index (χ0) is 13.0. The topological polar surface area (TPSA) is 29.5 Å². The van der Waals surface area contributed by atoms with Crippen LogP contribution >= 0.6 is 11.3 Å². The van der Waals surface area contributed by atoms with Crippen LogP contribution in [0.2, 0.25) is 0 Å². The minimum Gasteiger partial charge on any atom is -0.466 e. The Morgan fingerprint density at radius 1 is 1.61 bits per heavy atom. The van der Waals surface area contributed by atoms with Gasteiger partial charge in [-0.15, -0.1) is 11.3 Å². The van der Waals surface area contributed by atoms with Crippen LogP contribution in [-0.4, -0.2) is 30.6 Å². The van der Waals surface area contributed by atoms with Gasteiger partial charge in [-0.2, -0.15) is 0 Å². The number of hydrogen-bond acceptors (Lipinski definition) is 4. The monoisotopic (exact) mass is 267 g/mol. The Morgan fingerprint density at radius 3 is 3.11 bits per heavy atom. The van der Waals surface area contributed by atoms with Gasteiger partial charge in [0, 0.05) is 18.0 Å². The van der Waals surface area contributed by atoms with Gasteiger partial charge >= 0.3 is 5.97 Å². The second-order valence-electron chi connectivity index (χ2n) is 4.85. The van der Waals surface area contributed by atoms with E-state index in [0.717, 1.165) is 32.5 Å². The molecular weight excluding hydrogens is 246 g/mol. The number of likely N-dealkylation sites (tertiary alicyclic amines) is 1. The fraction of sp³-hybridized carbons (Fsp3) is 0.643. The van der Waals surface area contributed by atoms with Crippen molar-refractivity contribution in [3.8, 4) is 0 Å². The fourth-order valence-electron chi connectivity index (χ4n) is 2.42. The maximum Gasteiger partial charge on any atom is 0.310 e. The lowest BCUT2D eigenvalue weighted by Gasteiger charge is -2.31. The van der Waals surface area contributed by atoms with Crippen LogP contribution in [0.5, 0.6) is 0 Å². The van der Waals surface area contributed by atoms with E-state index in [1.54, 1.807) is 11.3 Å². The van der Waals surface area contributed by atoms with E-state index in [0.29, 0.717) is 6.61 Å². The highest BCUT2D eigenvalue weighted by Crippen LogP contribution is 2.23. The van der Waals surface area contributed by atoms with Crippen molar-refractivity contribution in [1.82, 2.24) is 4.90 Å². The molecule has 1 aliphatic rings. The summed E-state index contributed by atoms with van der Waals surface area (Å²) in [4.78, 5) is 15.6. The van der Waals surface area contributed by atoms with Crippen LogP contribution in [0, 0.1) is 12.8 Å². The Hall–Kier alpha value is -0.870. The smallest absolute Gasteiger partial charge is 0.310 e. The maximum absolute atomic E-state index is 11.8. The standard InChI is InChI=1S/C14H21NO2S/c1-3-17-14(16)12-5-4-7-15(9-12)10-13-11(2)6-8-18-13/h6,8,12H,3-5,7,9-10H2,1-2H3/t12-/m0/s1. The van der Waals surface area contributed by atoms with Crippen molar-refractivity contribution < 1.29 is 9.53 Å². The van der Waals surface area contributed by atoms with E-state index in [9.17, 15) is 4.79 Å². The normalized spacial score (nSPS) is 20.9. The fourth-order valence-corrected chi connectivity index (χ4v) is 3.37. The molecular formula is C14H21NO2S. The number of esters is 1. The molecule has 0 N–H and O–H groups in total. The van der Waals surface area contributed by atoms with Gasteiger partial charge in [0.15, 0.2) is 0 Å². The summed E-state index contributed by atoms with van der Waals surface area (Å²) in [6.45, 7) is 7.41. The second-order valence-corrected chi connectivity index (χ2v) is 5.85. The van der Waals surface area contributed by atoms with Crippen LogP contribution in [0.3, 0.4) is 0 Å². The summed E-state index contributed by atoms with van der Waals surface area (Å²) < 4.78 is 5.13. The highest BCUT2D eigenvalue weighted by molar-refractivity contribution is 7.10. The van der Waals surface area contributed by atoms with Gasteiger partial charge in [-0.3, -0.25) is 9.69 Å². The van der Waals surface area contributed by atoms with Crippen LogP contribution in [0.15, 0.2) is 11.4 Å². The van der Waals surface area contributed by atoms with Crippen molar-refractivity contribution in [3.05, 3.63) is 21.9 Å². The number of hydrogen-bond donors (Lipinski definition) is 0. The van der Waals surface area contributed by atoms with Crippen LogP contribution < -0.4 is 0 Å². The lowest BCUT2D eigenvalue weighted by atomic mass is 9.98. The van der Waals surface area contributed by atoms with Gasteiger partial charge in [0.1, 0.15) is 0 Å². The molecule has 0 aromatic carbocycles. The lowest BCUT2D eigenvalue weighted by Crippen LogP contribution is -2.38. The molecule has 1 aliphatic heterocycles. The molecule has 18 heavy (non-hydrogen) atoms. The molecule has 1 atom stereocenters. The predicted octanol–water partition coefficient (Wildman–Crippen LogP) is 2.83. The van der Waals surface area contributed by atoms with Crippen LogP contribution in [0.4, 0.5) is 0 Å². The summed E-state index contributed by atoms with van der Waals surface area (Å²) in [6.07, 6.45) is 2.06. The molecule has 1 saturated heterocycles. The minimum atomic E-state index is -0.0231. The highest BCUT2D eigenvalue weighted by Gasteiger charge is 2.27. The molecule has 3 nitrogen and oxygen atoms in total. The third-order valence-electron chi connectivity index (χ3n) is 3.46. The molecule has 100 valence electrons. The average Bonchev–Trinajstić information content (AvgIpc) is 2.76. The first kappa shape index (κ1) is 13.6. The first-order chi connectivity index (χ1) is 8.70. The van der Waals surface area contributed by atoms with Crippen molar-refractivity contribution >= 4 is 17.3 Å². The third-order valence-corrected chi connectivity index (χ3v) is 4.47. The maximum atomic E-state index is 11.8. The molecule has 1 aromatic rings. The first-order valence-corrected chi connectivity index (χ1v) is 7.50. The van der Waals surface area contributed by atoms with Gasteiger partial charge in [0.05, 0.1) is 12.5 Å². The zero-order valence-corrected chi connectivity index (χ0v) is 12.0. The Labute approximate surface area is 113 Å². The molecule has 0 amide bonds. The number of nitrogens with zero attached hydrogens (tertiary/aromatic N) is 1. The predicted molar refractivity (Wildman–Crippen MR) is 73.7 cm³/mol. The van der Waals surface area contributed by atoms with Gasteiger partial charge in [0.2, 0.25) is 0 Å². The van der Waals surface area contributed by atoms with Crippen LogP contribution in [0.25, 0.3) is 0 Å². The molecule has 1 aromatic heterocycles. The van der Waals surface area contributed by atoms with Crippen LogP contribution in [-0.2, 0) is 16.1 Å². The molecule has 0 aliphatic carbocycles. The molecule has 2 rings (SSSR count). The molecule has 0 saturated carbocycles. The zero-order valence-electron chi connectivity index (χ0n) is 11.1. The molecule has 0 unspecified atom stereocenters. The first-order valence-electron chi connectivity index (χ1n) is 6.62. The number of carbonyl (C=O) groups excluding carboxylic acids is 1. The van der Waals surface area contributed by atoms with Gasteiger partial charge in [-0.1, -0.05) is 0 Å². The second kappa shape index (κ2) is 6.34. The van der Waals surface area contributed by atoms with Gasteiger partial charge < -0.3 is 4.74 Å². The van der Waals surface area contributed by atoms with Crippen molar-refractivity contribution in [3.63, 3.8) is 0 Å². The molecule has 4 heteroatoms. The SMILES string of the molecule is CCOC(=O)[C@H]1CCCN(Cc2sccc2C)C1. The van der Waals surface area contributed by atoms with Gasteiger partial charge in [-0.05, 0) is 50.2 Å². The molecule has 2 heterocycles. The van der Waals surface area contributed by atoms with Crippen LogP contribution in [0.1, 0.15) is 30.2 Å². The van der Waals surface area contributed by atoms with Crippen molar-refractivity contribution in [2.24, 2.45) is 5.92 Å². The van der Waals surface area contributed by atoms with E-state index in [-0.39, 0.29) is 11.9 Å². The summed E-state index contributed by atoms with van der Waals surface area (Å²) in [5.41, 5.74) is 1.36. The summed E-state index contributed by atoms with van der Waals surface area (Å²) in [6, 6.07) is 2.16. The number of piperidine rings is 1. The number of ether oxygens (including phenoxy) is 1. The Morgan fingerprint density at radius 2 is 2.44 bits per heavy atom. The Balaban J connectivity index is 1.91. The third kappa shape index (κ3) is 3.33. The average molecular weight is 267 g/mol. The Bertz CT molecular complexity index is 402. The Kier molecular flexibility index (Phi) is 4.78. The number of carbonyl (C=O) groups is 1. The lowest BCUT2D eigenvalue weighted by molar-refractivity contribution is -0.150. The summed E-state index contributed by atoms with van der Waals surface area (Å²) >= 11 is 1.81. The number of thiophene rings is 1. The van der Waals surface area contributed by atoms with E-state index in [1.165, 1.54) is 10.4 Å². The molecule has 0 radical (unpaired) electrons. The molecule has 1 fully saturated rings. The van der Waals surface area contributed by atoms with Gasteiger partial charge in [0.25, 0.3) is 0 Å². The minimum absolute atomic E-state index is 0.0231. The van der Waals surface area contributed by atoms with Crippen molar-refractivity contribution in [1.29, 1.82) is 0 Å². The summed E-state index contributed by atoms with van der Waals surface area (Å²) in [7, 11) is 0. The van der Waals surface area contributed by atoms with Gasteiger partial charge in [-0.25, -0.2) is 0 Å². The quantitative estimate of drug-likeness (QED) is 0.786. The van der Waals surface area contributed by atoms with E-state index in [1.807, 2.05) is 6.92 Å². The number of aryl methyl sites for hydroxylation is 1. The van der Waals surface area contributed by atoms with Crippen molar-refractivity contribution in [2.75, 3.05) is 19.7 Å². The van der Waals surface area contributed by atoms with E-state index < -0.39 is 0 Å². The summed E-state index contributed by atoms with van der Waals surface area (Å²) in [5.74, 6) is 0.0454. The van der Waals surface area contributed by atoms with E-state index in [2.05, 4.69) is 23.3 Å². The van der Waals surface area contributed by atoms with E-state index in [4.69, 9.17) is 4.74 Å².